The molecule has 0 radical (unpaired) electrons. The maximum absolute atomic E-state index is 14.8. The van der Waals surface area contributed by atoms with Gasteiger partial charge < -0.3 is 39.6 Å². The van der Waals surface area contributed by atoms with Crippen LogP contribution in [-0.4, -0.2) is 108 Å². The van der Waals surface area contributed by atoms with Crippen LogP contribution in [0.25, 0.3) is 22.3 Å². The number of nitrogens with zero attached hydrogens (tertiary/aromatic N) is 3. The molecular formula is C44H59N6O8PS. The molecule has 0 unspecified atom stereocenters. The molecule has 0 bridgehead atoms. The summed E-state index contributed by atoms with van der Waals surface area (Å²) in [4.78, 5) is 67.8. The van der Waals surface area contributed by atoms with E-state index < -0.39 is 48.8 Å². The Morgan fingerprint density at radius 1 is 1.03 bits per heavy atom. The number of fused-ring (bicyclic) bond motifs is 3. The number of anilines is 1. The van der Waals surface area contributed by atoms with Crippen LogP contribution in [0.5, 0.6) is 11.5 Å². The monoisotopic (exact) mass is 862 g/mol. The van der Waals surface area contributed by atoms with E-state index in [1.807, 2.05) is 49.6 Å². The van der Waals surface area contributed by atoms with Crippen molar-refractivity contribution in [1.29, 1.82) is 0 Å². The van der Waals surface area contributed by atoms with Crippen molar-refractivity contribution in [3.63, 3.8) is 0 Å². The fourth-order valence-corrected chi connectivity index (χ4v) is 10.2. The first-order valence-electron chi connectivity index (χ1n) is 21.4. The van der Waals surface area contributed by atoms with Gasteiger partial charge in [-0.25, -0.2) is 14.8 Å². The zero-order valence-corrected chi connectivity index (χ0v) is 37.1. The molecule has 2 saturated carbocycles. The Morgan fingerprint density at radius 2 is 1.82 bits per heavy atom. The van der Waals surface area contributed by atoms with Crippen molar-refractivity contribution in [2.24, 2.45) is 5.92 Å². The van der Waals surface area contributed by atoms with Crippen molar-refractivity contribution in [2.75, 3.05) is 38.5 Å². The van der Waals surface area contributed by atoms with Crippen molar-refractivity contribution in [1.82, 2.24) is 25.5 Å². The highest BCUT2D eigenvalue weighted by Gasteiger charge is 2.60. The van der Waals surface area contributed by atoms with Gasteiger partial charge in [-0.15, -0.1) is 11.3 Å². The van der Waals surface area contributed by atoms with Crippen LogP contribution in [0.3, 0.4) is 0 Å². The van der Waals surface area contributed by atoms with Gasteiger partial charge in [0.15, 0.2) is 10.9 Å². The topological polar surface area (TPSA) is 178 Å². The lowest BCUT2D eigenvalue weighted by Crippen LogP contribution is -2.56. The van der Waals surface area contributed by atoms with Crippen molar-refractivity contribution in [3.05, 3.63) is 41.8 Å². The summed E-state index contributed by atoms with van der Waals surface area (Å²) in [7, 11) is -0.899. The van der Waals surface area contributed by atoms with E-state index in [2.05, 4.69) is 22.0 Å². The molecule has 2 aliphatic carbocycles. The van der Waals surface area contributed by atoms with Crippen LogP contribution in [0.1, 0.15) is 90.9 Å². The number of alkyl carbamates (subject to hydrolysis) is 1. The van der Waals surface area contributed by atoms with E-state index in [9.17, 15) is 23.7 Å². The molecule has 7 rings (SSSR count). The lowest BCUT2D eigenvalue weighted by molar-refractivity contribution is -0.141. The Labute approximate surface area is 356 Å². The van der Waals surface area contributed by atoms with Crippen LogP contribution in [0.15, 0.2) is 41.8 Å². The second-order valence-corrected chi connectivity index (χ2v) is 22.0. The van der Waals surface area contributed by atoms with E-state index >= 15 is 0 Å². The molecule has 3 fully saturated rings. The minimum Gasteiger partial charge on any atom is -0.497 e. The highest BCUT2D eigenvalue weighted by molar-refractivity contribution is 7.62. The maximum Gasteiger partial charge on any atom is 0.408 e. The average molecular weight is 863 g/mol. The number of carbonyl (C=O) groups excluding carboxylic acids is 4. The van der Waals surface area contributed by atoms with Gasteiger partial charge in [-0.2, -0.15) is 0 Å². The number of ketones is 1. The van der Waals surface area contributed by atoms with Gasteiger partial charge in [0.1, 0.15) is 47.0 Å². The van der Waals surface area contributed by atoms with Crippen LogP contribution in [0, 0.1) is 5.92 Å². The van der Waals surface area contributed by atoms with Crippen molar-refractivity contribution in [3.8, 4) is 22.9 Å². The van der Waals surface area contributed by atoms with E-state index in [1.54, 1.807) is 20.4 Å². The molecule has 1 aromatic carbocycles. The molecule has 14 nitrogen and oxygen atoms in total. The zero-order valence-electron chi connectivity index (χ0n) is 35.4. The number of carbonyl (C=O) groups is 4. The Hall–Kier alpha value is -4.49. The number of benzene rings is 1. The smallest absolute Gasteiger partial charge is 0.408 e. The molecule has 5 atom stereocenters. The van der Waals surface area contributed by atoms with Crippen molar-refractivity contribution >= 4 is 58.2 Å². The SMILES string of the molecule is COc1ccc2c(O[C@@H]3C[C@H]4C(=O)N[C@]5(C(=O)CCP(C)(C)=O)C[C@@H]5/C=C\CCCCC[C@H](NC(=O)OC5CCCC5)C(=O)N4C3)cc(-c3csc(NC(C)C)n3)nc2c1. The molecule has 3 amide bonds. The normalized spacial score (nSPS) is 25.7. The molecule has 16 heteroatoms. The first-order chi connectivity index (χ1) is 28.7. The van der Waals surface area contributed by atoms with Gasteiger partial charge in [0.2, 0.25) is 11.8 Å². The number of allylic oxidation sites excluding steroid dienone is 1. The number of nitrogens with one attached hydrogen (secondary N) is 3. The van der Waals surface area contributed by atoms with Crippen LogP contribution in [-0.2, 0) is 23.7 Å². The number of methoxy groups -OCH3 is 1. The first-order valence-corrected chi connectivity index (χ1v) is 25.1. The van der Waals surface area contributed by atoms with Gasteiger partial charge in [0.05, 0.1) is 32.0 Å². The van der Waals surface area contributed by atoms with E-state index in [-0.39, 0.29) is 49.4 Å². The summed E-state index contributed by atoms with van der Waals surface area (Å²) < 4.78 is 30.7. The summed E-state index contributed by atoms with van der Waals surface area (Å²) >= 11 is 1.48. The minimum atomic E-state index is -2.49. The fraction of sp³-hybridized carbons (Fsp3) is 0.591. The standard InChI is InChI=1S/C44H59N6O8PS/c1-27(2)45-42-47-36(26-60-42)35-23-38(32-18-17-30(56-3)21-34(32)46-35)57-31-22-37-40(52)49-44(39(51)19-20-59(4,5)55)24-28(44)13-9-7-6-8-10-16-33(41(53)50(37)25-31)48-43(54)58-29-14-11-12-15-29/h9,13,17-18,21,23,26-29,31,33,37H,6-8,10-12,14-16,19-20,22,24-25H2,1-5H3,(H,45,47)(H,48,54)(H,49,52)/b13-9-/t28-,31+,33-,37-,44+/m0/s1. The third-order valence-corrected chi connectivity index (χ3v) is 14.0. The third-order valence-electron chi connectivity index (χ3n) is 11.9. The highest BCUT2D eigenvalue weighted by Crippen LogP contribution is 2.48. The molecule has 0 spiro atoms. The number of Topliss-reactive ketones (excluding diaryl/α,β-unsaturated/α-hetero) is 1. The second-order valence-electron chi connectivity index (χ2n) is 17.5. The molecule has 2 aliphatic heterocycles. The number of thiazole rings is 1. The summed E-state index contributed by atoms with van der Waals surface area (Å²) in [5.74, 6) is -0.102. The lowest BCUT2D eigenvalue weighted by Gasteiger charge is -2.30. The fourth-order valence-electron chi connectivity index (χ4n) is 8.58. The summed E-state index contributed by atoms with van der Waals surface area (Å²) in [6.45, 7) is 7.47. The van der Waals surface area contributed by atoms with Gasteiger partial charge in [-0.05, 0) is 90.7 Å². The molecule has 2 aromatic heterocycles. The van der Waals surface area contributed by atoms with E-state index in [4.69, 9.17) is 24.2 Å². The van der Waals surface area contributed by atoms with E-state index in [1.165, 1.54) is 16.2 Å². The predicted octanol–water partition coefficient (Wildman–Crippen LogP) is 7.55. The number of rotatable bonds is 12. The molecule has 1 saturated heterocycles. The Kier molecular flexibility index (Phi) is 13.5. The quantitative estimate of drug-likeness (QED) is 0.121. The number of amides is 3. The maximum atomic E-state index is 14.8. The number of aromatic nitrogens is 2. The highest BCUT2D eigenvalue weighted by atomic mass is 32.1. The summed E-state index contributed by atoms with van der Waals surface area (Å²) in [6.07, 6.45) is 10.6. The van der Waals surface area contributed by atoms with Crippen LogP contribution in [0.4, 0.5) is 9.93 Å². The zero-order chi connectivity index (χ0) is 42.6. The van der Waals surface area contributed by atoms with Crippen LogP contribution >= 0.6 is 18.5 Å². The largest absolute Gasteiger partial charge is 0.497 e. The Morgan fingerprint density at radius 3 is 2.57 bits per heavy atom. The number of hydrogen-bond acceptors (Lipinski definition) is 12. The number of pyridine rings is 1. The van der Waals surface area contributed by atoms with Crippen LogP contribution in [0.2, 0.25) is 0 Å². The van der Waals surface area contributed by atoms with Gasteiger partial charge >= 0.3 is 6.09 Å². The summed E-state index contributed by atoms with van der Waals surface area (Å²) in [6, 6.07) is 5.62. The van der Waals surface area contributed by atoms with Gasteiger partial charge in [0, 0.05) is 53.9 Å². The van der Waals surface area contributed by atoms with E-state index in [0.717, 1.165) is 50.1 Å². The van der Waals surface area contributed by atoms with E-state index in [0.29, 0.717) is 53.1 Å². The molecular weight excluding hydrogens is 804 g/mol. The molecule has 3 N–H and O–H groups in total. The summed E-state index contributed by atoms with van der Waals surface area (Å²) in [5.41, 5.74) is 0.723. The number of ether oxygens (including phenoxy) is 3. The Bertz CT molecular complexity index is 2150. The minimum absolute atomic E-state index is 0.0559. The predicted molar refractivity (Wildman–Crippen MR) is 234 cm³/mol. The van der Waals surface area contributed by atoms with Crippen LogP contribution < -0.4 is 25.4 Å². The Balaban J connectivity index is 1.21. The molecule has 3 aromatic rings. The van der Waals surface area contributed by atoms with Gasteiger partial charge in [0.25, 0.3) is 0 Å². The molecule has 4 aliphatic rings. The first kappa shape index (κ1) is 43.6. The van der Waals surface area contributed by atoms with Gasteiger partial charge in [-0.1, -0.05) is 25.0 Å². The number of hydrogen-bond donors (Lipinski definition) is 3. The third kappa shape index (κ3) is 10.5. The lowest BCUT2D eigenvalue weighted by atomic mass is 10.0. The van der Waals surface area contributed by atoms with Crippen molar-refractivity contribution < 1.29 is 38.0 Å². The van der Waals surface area contributed by atoms with Gasteiger partial charge in [-0.3, -0.25) is 14.4 Å². The molecule has 60 heavy (non-hydrogen) atoms. The summed E-state index contributed by atoms with van der Waals surface area (Å²) in [5, 5.41) is 12.7. The average Bonchev–Trinajstić information content (AvgIpc) is 3.64. The molecule has 4 heterocycles. The second kappa shape index (κ2) is 18.6. The van der Waals surface area contributed by atoms with Crippen molar-refractivity contribution in [2.45, 2.75) is 127 Å². The molecule has 324 valence electrons.